The van der Waals surface area contributed by atoms with Gasteiger partial charge in [-0.05, 0) is 101 Å². The van der Waals surface area contributed by atoms with E-state index in [9.17, 15) is 27.9 Å². The number of piperidine rings is 1. The summed E-state index contributed by atoms with van der Waals surface area (Å²) in [5.41, 5.74) is -0.799. The minimum absolute atomic E-state index is 0.00319. The number of hydrogen-bond donors (Lipinski definition) is 2. The maximum atomic E-state index is 13.9. The van der Waals surface area contributed by atoms with Crippen molar-refractivity contribution in [1.29, 1.82) is 0 Å². The summed E-state index contributed by atoms with van der Waals surface area (Å²) in [7, 11) is -0.718. The van der Waals surface area contributed by atoms with Crippen molar-refractivity contribution in [3.63, 3.8) is 0 Å². The average molecular weight is 757 g/mol. The quantitative estimate of drug-likeness (QED) is 0.0866. The molecule has 1 saturated heterocycles. The lowest BCUT2D eigenvalue weighted by Crippen LogP contribution is -2.55. The number of benzene rings is 1. The number of likely N-dealkylation sites (tertiary alicyclic amines) is 1. The van der Waals surface area contributed by atoms with Crippen LogP contribution in [0, 0.1) is 0 Å². The number of halogens is 3. The van der Waals surface area contributed by atoms with Crippen LogP contribution in [0.3, 0.4) is 0 Å². The van der Waals surface area contributed by atoms with E-state index in [4.69, 9.17) is 23.4 Å². The number of rotatable bonds is 14. The van der Waals surface area contributed by atoms with Gasteiger partial charge in [0.15, 0.2) is 15.1 Å². The molecule has 1 aromatic heterocycles. The number of aliphatic hydroxyl groups is 1. The van der Waals surface area contributed by atoms with E-state index < -0.39 is 50.4 Å². The Morgan fingerprint density at radius 2 is 1.73 bits per heavy atom. The molecule has 0 saturated carbocycles. The molecule has 0 radical (unpaired) electrons. The third kappa shape index (κ3) is 11.5. The number of carbonyl (C=O) groups is 2. The molecule has 292 valence electrons. The summed E-state index contributed by atoms with van der Waals surface area (Å²) in [4.78, 5) is 27.4. The van der Waals surface area contributed by atoms with Crippen LogP contribution in [0.15, 0.2) is 18.2 Å². The minimum atomic E-state index is -4.70. The second kappa shape index (κ2) is 17.6. The number of ether oxygens (including phenoxy) is 4. The summed E-state index contributed by atoms with van der Waals surface area (Å²) in [6.07, 6.45) is -3.58. The van der Waals surface area contributed by atoms with E-state index in [0.717, 1.165) is 12.1 Å². The number of carbonyl (C=O) groups excluding carboxylic acids is 2. The van der Waals surface area contributed by atoms with Crippen LogP contribution in [-0.2, 0) is 42.6 Å². The highest BCUT2D eigenvalue weighted by molar-refractivity contribution is 6.74. The SMILES string of the molecule is CCOC(=O)[C@@H]1CC[C@@H](Nc2cc(CCCO[Si](C)(C)C(C)(C)C)c(-c3c(CO)cc(C(F)(F)F)cc3OCOC)nn2)CN1C(=O)OC(C)(C)C. The standard InChI is InChI=1S/C36H55F3N4O8Si/c1-11-48-32(45)27-15-14-26(20-43(27)33(46)51-34(2,3)4)40-29-18-23(13-12-16-50-52(9,10)35(5,6)7)31(42-41-29)30-24(21-44)17-25(36(37,38)39)19-28(30)49-22-47-8/h17-19,26-27,44H,11-16,20-22H2,1-10H3,(H,40,41)/t26-,27+/m1/s1. The van der Waals surface area contributed by atoms with Gasteiger partial charge in [0.05, 0.1) is 24.3 Å². The zero-order valence-electron chi connectivity index (χ0n) is 32.0. The monoisotopic (exact) mass is 756 g/mol. The first-order valence-corrected chi connectivity index (χ1v) is 20.4. The van der Waals surface area contributed by atoms with Gasteiger partial charge in [0.2, 0.25) is 0 Å². The molecular formula is C36H55F3N4O8Si. The molecule has 0 spiro atoms. The first-order valence-electron chi connectivity index (χ1n) is 17.5. The van der Waals surface area contributed by atoms with Gasteiger partial charge >= 0.3 is 18.2 Å². The van der Waals surface area contributed by atoms with Crippen molar-refractivity contribution in [2.24, 2.45) is 0 Å². The van der Waals surface area contributed by atoms with Crippen LogP contribution in [0.2, 0.25) is 18.1 Å². The Hall–Kier alpha value is -3.47. The molecule has 12 nitrogen and oxygen atoms in total. The van der Waals surface area contributed by atoms with Crippen LogP contribution in [-0.4, -0.2) is 91.9 Å². The predicted molar refractivity (Wildman–Crippen MR) is 192 cm³/mol. The number of hydrogen-bond acceptors (Lipinski definition) is 11. The van der Waals surface area contributed by atoms with Gasteiger partial charge in [0.25, 0.3) is 0 Å². The highest BCUT2D eigenvalue weighted by atomic mass is 28.4. The van der Waals surface area contributed by atoms with Gasteiger partial charge in [0, 0.05) is 26.3 Å². The molecule has 0 unspecified atom stereocenters. The van der Waals surface area contributed by atoms with Crippen LogP contribution in [0.1, 0.15) is 84.4 Å². The predicted octanol–water partition coefficient (Wildman–Crippen LogP) is 7.33. The van der Waals surface area contributed by atoms with Crippen molar-refractivity contribution in [3.05, 3.63) is 34.9 Å². The second-order valence-electron chi connectivity index (χ2n) is 15.4. The van der Waals surface area contributed by atoms with E-state index in [-0.39, 0.29) is 53.6 Å². The van der Waals surface area contributed by atoms with E-state index in [1.807, 2.05) is 0 Å². The molecule has 0 bridgehead atoms. The summed E-state index contributed by atoms with van der Waals surface area (Å²) in [5.74, 6) is -0.328. The molecule has 1 aliphatic rings. The topological polar surface area (TPSA) is 142 Å². The highest BCUT2D eigenvalue weighted by Gasteiger charge is 2.40. The number of methoxy groups -OCH3 is 1. The van der Waals surface area contributed by atoms with E-state index in [2.05, 4.69) is 49.4 Å². The molecule has 16 heteroatoms. The maximum absolute atomic E-state index is 13.9. The Bertz CT molecular complexity index is 1530. The molecule has 1 amide bonds. The first kappa shape index (κ1) is 42.9. The molecule has 1 aromatic carbocycles. The fourth-order valence-electron chi connectivity index (χ4n) is 5.48. The van der Waals surface area contributed by atoms with Crippen molar-refractivity contribution in [1.82, 2.24) is 15.1 Å². The largest absolute Gasteiger partial charge is 0.467 e. The van der Waals surface area contributed by atoms with Gasteiger partial charge in [-0.1, -0.05) is 20.8 Å². The zero-order valence-corrected chi connectivity index (χ0v) is 33.0. The molecule has 2 aromatic rings. The van der Waals surface area contributed by atoms with Crippen LogP contribution in [0.5, 0.6) is 5.75 Å². The molecule has 1 fully saturated rings. The number of aryl methyl sites for hydroxylation is 1. The van der Waals surface area contributed by atoms with Crippen molar-refractivity contribution >= 4 is 26.2 Å². The number of aromatic nitrogens is 2. The Morgan fingerprint density at radius 1 is 1.04 bits per heavy atom. The Morgan fingerprint density at radius 3 is 2.31 bits per heavy atom. The summed E-state index contributed by atoms with van der Waals surface area (Å²) in [5, 5.41) is 22.5. The minimum Gasteiger partial charge on any atom is -0.467 e. The van der Waals surface area contributed by atoms with Crippen molar-refractivity contribution in [2.45, 2.75) is 123 Å². The van der Waals surface area contributed by atoms with E-state index >= 15 is 0 Å². The van der Waals surface area contributed by atoms with Crippen LogP contribution in [0.25, 0.3) is 11.3 Å². The second-order valence-corrected chi connectivity index (χ2v) is 20.2. The lowest BCUT2D eigenvalue weighted by molar-refractivity contribution is -0.150. The Labute approximate surface area is 305 Å². The van der Waals surface area contributed by atoms with Crippen molar-refractivity contribution < 1.29 is 51.2 Å². The highest BCUT2D eigenvalue weighted by Crippen LogP contribution is 2.41. The van der Waals surface area contributed by atoms with E-state index in [0.29, 0.717) is 43.7 Å². The average Bonchev–Trinajstić information content (AvgIpc) is 3.04. The first-order chi connectivity index (χ1) is 24.1. The number of anilines is 1. The van der Waals surface area contributed by atoms with Gasteiger partial charge in [0.1, 0.15) is 28.9 Å². The van der Waals surface area contributed by atoms with Gasteiger partial charge < -0.3 is 33.8 Å². The van der Waals surface area contributed by atoms with Gasteiger partial charge in [-0.2, -0.15) is 13.2 Å². The van der Waals surface area contributed by atoms with Crippen LogP contribution < -0.4 is 10.1 Å². The van der Waals surface area contributed by atoms with E-state index in [1.165, 1.54) is 12.0 Å². The molecule has 3 rings (SSSR count). The number of nitrogens with zero attached hydrogens (tertiary/aromatic N) is 3. The lowest BCUT2D eigenvalue weighted by atomic mass is 9.95. The Balaban J connectivity index is 2.04. The van der Waals surface area contributed by atoms with Gasteiger partial charge in [-0.25, -0.2) is 9.59 Å². The number of alkyl halides is 3. The molecule has 2 atom stereocenters. The number of aliphatic hydroxyl groups excluding tert-OH is 1. The molecule has 2 N–H and O–H groups in total. The lowest BCUT2D eigenvalue weighted by Gasteiger charge is -2.39. The Kier molecular flexibility index (Phi) is 14.5. The van der Waals surface area contributed by atoms with Crippen LogP contribution >= 0.6 is 0 Å². The van der Waals surface area contributed by atoms with Gasteiger partial charge in [-0.3, -0.25) is 4.90 Å². The maximum Gasteiger partial charge on any atom is 0.416 e. The summed E-state index contributed by atoms with van der Waals surface area (Å²) in [6, 6.07) is 2.31. The molecule has 0 aliphatic carbocycles. The van der Waals surface area contributed by atoms with Crippen LogP contribution in [0.4, 0.5) is 23.8 Å². The third-order valence-corrected chi connectivity index (χ3v) is 13.6. The third-order valence-electron chi connectivity index (χ3n) is 9.10. The molecular weight excluding hydrogens is 701 g/mol. The smallest absolute Gasteiger partial charge is 0.416 e. The number of amides is 1. The molecule has 1 aliphatic heterocycles. The normalized spacial score (nSPS) is 17.2. The fourth-order valence-corrected chi connectivity index (χ4v) is 6.57. The zero-order chi connectivity index (χ0) is 39.1. The fraction of sp³-hybridized carbons (Fsp3) is 0.667. The van der Waals surface area contributed by atoms with Crippen molar-refractivity contribution in [3.8, 4) is 17.0 Å². The summed E-state index contributed by atoms with van der Waals surface area (Å²) >= 11 is 0. The number of esters is 1. The summed E-state index contributed by atoms with van der Waals surface area (Å²) in [6.45, 7) is 17.3. The molecule has 2 heterocycles. The number of nitrogens with one attached hydrogen (secondary N) is 1. The van der Waals surface area contributed by atoms with Gasteiger partial charge in [-0.15, -0.1) is 10.2 Å². The molecule has 52 heavy (non-hydrogen) atoms. The van der Waals surface area contributed by atoms with Crippen molar-refractivity contribution in [2.75, 3.05) is 39.0 Å². The van der Waals surface area contributed by atoms with E-state index in [1.54, 1.807) is 33.8 Å². The summed E-state index contributed by atoms with van der Waals surface area (Å²) < 4.78 is 69.5.